The van der Waals surface area contributed by atoms with Crippen LogP contribution in [0.4, 0.5) is 0 Å². The first-order valence-electron chi connectivity index (χ1n) is 5.39. The lowest BCUT2D eigenvalue weighted by Gasteiger charge is -2.08. The van der Waals surface area contributed by atoms with Crippen molar-refractivity contribution in [1.29, 1.82) is 0 Å². The molecule has 4 heteroatoms. The molecule has 1 N–H and O–H groups in total. The van der Waals surface area contributed by atoms with Gasteiger partial charge in [-0.15, -0.1) is 24.8 Å². The van der Waals surface area contributed by atoms with Gasteiger partial charge in [-0.25, -0.2) is 0 Å². The van der Waals surface area contributed by atoms with Crippen LogP contribution >= 0.6 is 24.8 Å². The van der Waals surface area contributed by atoms with E-state index in [2.05, 4.69) is 22.1 Å². The van der Waals surface area contributed by atoms with Gasteiger partial charge in [-0.3, -0.25) is 4.90 Å². The van der Waals surface area contributed by atoms with Gasteiger partial charge in [0.1, 0.15) is 0 Å². The molecule has 2 nitrogen and oxygen atoms in total. The minimum Gasteiger partial charge on any atom is -0.304 e. The number of halogens is 2. The van der Waals surface area contributed by atoms with Crippen LogP contribution in [0.1, 0.15) is 25.7 Å². The molecule has 15 heavy (non-hydrogen) atoms. The maximum absolute atomic E-state index is 3.39. The lowest BCUT2D eigenvalue weighted by molar-refractivity contribution is 0.383. The topological polar surface area (TPSA) is 15.3 Å². The molecule has 0 aromatic carbocycles. The summed E-state index contributed by atoms with van der Waals surface area (Å²) in [6.45, 7) is 4.65. The third-order valence-corrected chi connectivity index (χ3v) is 2.84. The third-order valence-electron chi connectivity index (χ3n) is 2.84. The van der Waals surface area contributed by atoms with Gasteiger partial charge in [0.05, 0.1) is 12.6 Å². The highest BCUT2D eigenvalue weighted by Gasteiger charge is 2.11. The minimum absolute atomic E-state index is 0. The fourth-order valence-electron chi connectivity index (χ4n) is 2.03. The Morgan fingerprint density at radius 3 is 2.47 bits per heavy atom. The number of nitrogens with one attached hydrogen (secondary N) is 1. The Hall–Kier alpha value is 0.0600. The van der Waals surface area contributed by atoms with Crippen LogP contribution in [0.2, 0.25) is 0 Å². The summed E-state index contributed by atoms with van der Waals surface area (Å²) in [7, 11) is 0. The second-order valence-electron chi connectivity index (χ2n) is 3.95. The summed E-state index contributed by atoms with van der Waals surface area (Å²) in [5.74, 6) is 6.59. The molecule has 2 fully saturated rings. The van der Waals surface area contributed by atoms with Crippen molar-refractivity contribution < 1.29 is 0 Å². The van der Waals surface area contributed by atoms with Crippen molar-refractivity contribution in [2.75, 3.05) is 26.2 Å². The molecule has 2 aliphatic rings. The molecule has 0 aromatic rings. The van der Waals surface area contributed by atoms with Gasteiger partial charge in [0, 0.05) is 0 Å². The van der Waals surface area contributed by atoms with Crippen LogP contribution in [0.3, 0.4) is 0 Å². The third kappa shape index (κ3) is 5.08. The number of hydrogen-bond donors (Lipinski definition) is 1. The number of nitrogens with zero attached hydrogens (tertiary/aromatic N) is 1. The molecule has 2 saturated heterocycles. The molecule has 2 aliphatic heterocycles. The van der Waals surface area contributed by atoms with E-state index in [4.69, 9.17) is 0 Å². The van der Waals surface area contributed by atoms with Gasteiger partial charge in [-0.05, 0) is 45.3 Å². The predicted molar refractivity (Wildman–Crippen MR) is 69.0 cm³/mol. The molecule has 0 aliphatic carbocycles. The van der Waals surface area contributed by atoms with E-state index in [-0.39, 0.29) is 24.8 Å². The Morgan fingerprint density at radius 2 is 1.87 bits per heavy atom. The molecule has 2 rings (SSSR count). The van der Waals surface area contributed by atoms with Crippen molar-refractivity contribution in [2.24, 2.45) is 0 Å². The largest absolute Gasteiger partial charge is 0.304 e. The summed E-state index contributed by atoms with van der Waals surface area (Å²) in [4.78, 5) is 2.45. The summed E-state index contributed by atoms with van der Waals surface area (Å²) in [6.07, 6.45) is 5.27. The first kappa shape index (κ1) is 15.1. The van der Waals surface area contributed by atoms with E-state index < -0.39 is 0 Å². The van der Waals surface area contributed by atoms with E-state index in [0.717, 1.165) is 13.1 Å². The summed E-state index contributed by atoms with van der Waals surface area (Å²) >= 11 is 0. The zero-order valence-corrected chi connectivity index (χ0v) is 10.6. The second-order valence-corrected chi connectivity index (χ2v) is 3.95. The monoisotopic (exact) mass is 250 g/mol. The Kier molecular flexibility index (Phi) is 8.27. The van der Waals surface area contributed by atoms with Gasteiger partial charge in [-0.1, -0.05) is 11.8 Å². The second kappa shape index (κ2) is 8.24. The van der Waals surface area contributed by atoms with Crippen LogP contribution < -0.4 is 5.32 Å². The van der Waals surface area contributed by atoms with Crippen LogP contribution in [0.15, 0.2) is 0 Å². The maximum Gasteiger partial charge on any atom is 0.0690 e. The Balaban J connectivity index is 0.000000980. The molecular formula is C11H20Cl2N2. The zero-order chi connectivity index (χ0) is 8.93. The fraction of sp³-hybridized carbons (Fsp3) is 0.818. The number of hydrogen-bond acceptors (Lipinski definition) is 2. The average molecular weight is 251 g/mol. The average Bonchev–Trinajstić information content (AvgIpc) is 2.75. The lowest BCUT2D eigenvalue weighted by atomic mass is 10.2. The van der Waals surface area contributed by atoms with Crippen molar-refractivity contribution >= 4 is 24.8 Å². The zero-order valence-electron chi connectivity index (χ0n) is 9.00. The van der Waals surface area contributed by atoms with E-state index in [1.807, 2.05) is 0 Å². The molecule has 0 aromatic heterocycles. The molecule has 0 bridgehead atoms. The summed E-state index contributed by atoms with van der Waals surface area (Å²) in [5.41, 5.74) is 0. The molecule has 0 unspecified atom stereocenters. The SMILES string of the molecule is C(#C[C@@H]1CCCN1)CN1CCCC1.Cl.Cl. The molecular weight excluding hydrogens is 231 g/mol. The molecule has 2 heterocycles. The highest BCUT2D eigenvalue weighted by atomic mass is 35.5. The van der Waals surface area contributed by atoms with E-state index in [0.29, 0.717) is 6.04 Å². The molecule has 0 spiro atoms. The van der Waals surface area contributed by atoms with Crippen molar-refractivity contribution in [3.63, 3.8) is 0 Å². The standard InChI is InChI=1S/C11H18N2.2ClH/c1-2-9-13(8-1)10-4-6-11-5-3-7-12-11;;/h11-12H,1-3,5,7-10H2;2*1H/t11-;;/m0../s1. The summed E-state index contributed by atoms with van der Waals surface area (Å²) in [6, 6.07) is 0.489. The van der Waals surface area contributed by atoms with Crippen molar-refractivity contribution in [3.05, 3.63) is 0 Å². The quantitative estimate of drug-likeness (QED) is 0.713. The van der Waals surface area contributed by atoms with Gasteiger partial charge >= 0.3 is 0 Å². The van der Waals surface area contributed by atoms with Crippen LogP contribution in [0.5, 0.6) is 0 Å². The van der Waals surface area contributed by atoms with Gasteiger partial charge < -0.3 is 5.32 Å². The van der Waals surface area contributed by atoms with Crippen LogP contribution in [-0.4, -0.2) is 37.1 Å². The highest BCUT2D eigenvalue weighted by molar-refractivity contribution is 5.85. The lowest BCUT2D eigenvalue weighted by Crippen LogP contribution is -2.21. The maximum atomic E-state index is 3.39. The normalized spacial score (nSPS) is 24.9. The minimum atomic E-state index is 0. The smallest absolute Gasteiger partial charge is 0.0690 e. The van der Waals surface area contributed by atoms with E-state index >= 15 is 0 Å². The highest BCUT2D eigenvalue weighted by Crippen LogP contribution is 2.06. The van der Waals surface area contributed by atoms with Crippen LogP contribution in [0.25, 0.3) is 0 Å². The Morgan fingerprint density at radius 1 is 1.13 bits per heavy atom. The van der Waals surface area contributed by atoms with Gasteiger partial charge in [0.2, 0.25) is 0 Å². The number of rotatable bonds is 1. The predicted octanol–water partition coefficient (Wildman–Crippen LogP) is 1.68. The van der Waals surface area contributed by atoms with Gasteiger partial charge in [0.25, 0.3) is 0 Å². The van der Waals surface area contributed by atoms with Crippen molar-refractivity contribution in [3.8, 4) is 11.8 Å². The molecule has 1 atom stereocenters. The van der Waals surface area contributed by atoms with E-state index in [1.54, 1.807) is 0 Å². The van der Waals surface area contributed by atoms with Crippen LogP contribution in [-0.2, 0) is 0 Å². The first-order valence-corrected chi connectivity index (χ1v) is 5.39. The Bertz CT molecular complexity index is 210. The molecule has 0 radical (unpaired) electrons. The van der Waals surface area contributed by atoms with Crippen LogP contribution in [0, 0.1) is 11.8 Å². The number of likely N-dealkylation sites (tertiary alicyclic amines) is 1. The first-order chi connectivity index (χ1) is 6.45. The van der Waals surface area contributed by atoms with Crippen molar-refractivity contribution in [2.45, 2.75) is 31.7 Å². The molecule has 0 saturated carbocycles. The molecule has 0 amide bonds. The molecule has 88 valence electrons. The van der Waals surface area contributed by atoms with E-state index in [1.165, 1.54) is 38.8 Å². The van der Waals surface area contributed by atoms with Gasteiger partial charge in [-0.2, -0.15) is 0 Å². The summed E-state index contributed by atoms with van der Waals surface area (Å²) in [5, 5.41) is 3.39. The fourth-order valence-corrected chi connectivity index (χ4v) is 2.03. The van der Waals surface area contributed by atoms with Crippen molar-refractivity contribution in [1.82, 2.24) is 10.2 Å². The van der Waals surface area contributed by atoms with Gasteiger partial charge in [0.15, 0.2) is 0 Å². The Labute approximate surface area is 105 Å². The van der Waals surface area contributed by atoms with E-state index in [9.17, 15) is 0 Å². The summed E-state index contributed by atoms with van der Waals surface area (Å²) < 4.78 is 0.